The minimum Gasteiger partial charge on any atom is -0.379 e. The lowest BCUT2D eigenvalue weighted by molar-refractivity contribution is -0.114. The molecule has 152 valence electrons. The van der Waals surface area contributed by atoms with Gasteiger partial charge in [0, 0.05) is 32.4 Å². The number of carbonyl (C=O) groups is 1. The quantitative estimate of drug-likeness (QED) is 0.230. The Labute approximate surface area is 180 Å². The average Bonchev–Trinajstić information content (AvgIpc) is 3.46. The van der Waals surface area contributed by atoms with Crippen molar-refractivity contribution in [1.29, 1.82) is 0 Å². The smallest absolute Gasteiger partial charge is 0.246 e. The first-order chi connectivity index (χ1) is 12.6. The van der Waals surface area contributed by atoms with Crippen LogP contribution in [0.3, 0.4) is 0 Å². The molecule has 0 radical (unpaired) electrons. The molecular weight excluding hydrogens is 455 g/mol. The van der Waals surface area contributed by atoms with Gasteiger partial charge in [-0.3, -0.25) is 4.79 Å². The molecule has 6 nitrogen and oxygen atoms in total. The summed E-state index contributed by atoms with van der Waals surface area (Å²) in [6.45, 7) is 7.24. The predicted octanol–water partition coefficient (Wildman–Crippen LogP) is 3.13. The number of ether oxygens (including phenoxy) is 1. The van der Waals surface area contributed by atoms with Gasteiger partial charge in [-0.25, -0.2) is 4.99 Å². The van der Waals surface area contributed by atoms with E-state index in [1.54, 1.807) is 0 Å². The number of hydrogen-bond acceptors (Lipinski definition) is 3. The Kier molecular flexibility index (Phi) is 11.3. The molecule has 1 fully saturated rings. The van der Waals surface area contributed by atoms with E-state index in [9.17, 15) is 4.79 Å². The van der Waals surface area contributed by atoms with Gasteiger partial charge in [0.05, 0.1) is 6.61 Å². The van der Waals surface area contributed by atoms with Crippen LogP contribution >= 0.6 is 24.0 Å². The van der Waals surface area contributed by atoms with Gasteiger partial charge in [-0.15, -0.1) is 24.0 Å². The van der Waals surface area contributed by atoms with Crippen LogP contribution in [0.4, 0.5) is 5.69 Å². The molecule has 2 N–H and O–H groups in total. The second-order valence-corrected chi connectivity index (χ2v) is 6.71. The molecule has 1 aliphatic carbocycles. The highest BCUT2D eigenvalue weighted by atomic mass is 127. The number of hydrogen-bond donors (Lipinski definition) is 2. The largest absolute Gasteiger partial charge is 0.379 e. The molecule has 7 heteroatoms. The fraction of sp³-hybridized carbons (Fsp3) is 0.600. The van der Waals surface area contributed by atoms with Gasteiger partial charge in [-0.1, -0.05) is 19.1 Å². The summed E-state index contributed by atoms with van der Waals surface area (Å²) < 4.78 is 5.68. The molecule has 27 heavy (non-hydrogen) atoms. The number of halogens is 1. The number of anilines is 1. The van der Waals surface area contributed by atoms with Gasteiger partial charge < -0.3 is 20.3 Å². The Hall–Kier alpha value is -1.35. The van der Waals surface area contributed by atoms with Gasteiger partial charge in [0.1, 0.15) is 6.54 Å². The molecule has 0 aliphatic heterocycles. The van der Waals surface area contributed by atoms with Gasteiger partial charge >= 0.3 is 0 Å². The van der Waals surface area contributed by atoms with E-state index in [-0.39, 0.29) is 36.4 Å². The van der Waals surface area contributed by atoms with Crippen LogP contribution in [0.1, 0.15) is 32.3 Å². The minimum absolute atomic E-state index is 0. The number of carbonyl (C=O) groups excluding carboxylic acids is 1. The fourth-order valence-corrected chi connectivity index (χ4v) is 2.53. The Morgan fingerprint density at radius 1 is 1.33 bits per heavy atom. The third kappa shape index (κ3) is 9.41. The van der Waals surface area contributed by atoms with Crippen LogP contribution in [-0.4, -0.2) is 56.7 Å². The van der Waals surface area contributed by atoms with Crippen LogP contribution in [0, 0.1) is 5.92 Å². The van der Waals surface area contributed by atoms with Crippen molar-refractivity contribution in [3.05, 3.63) is 29.8 Å². The molecule has 0 aromatic heterocycles. The number of aliphatic imine (C=N–C) groups is 1. The highest BCUT2D eigenvalue weighted by Gasteiger charge is 2.21. The summed E-state index contributed by atoms with van der Waals surface area (Å²) in [5.74, 6) is 1.38. The third-order valence-corrected chi connectivity index (χ3v) is 4.31. The molecule has 1 aromatic carbocycles. The van der Waals surface area contributed by atoms with Gasteiger partial charge in [-0.2, -0.15) is 0 Å². The Balaban J connectivity index is 0.00000364. The van der Waals surface area contributed by atoms with Crippen LogP contribution in [0.2, 0.25) is 0 Å². The standard InChI is InChI=1S/C20H32N4O2.HI/c1-4-16-7-6-8-18(13-16)23-19(25)14-22-20(21-5-2)24(3)11-12-26-15-17-9-10-17;/h6-8,13,17H,4-5,9-12,14-15H2,1-3H3,(H,21,22)(H,23,25);1H. The molecule has 0 unspecified atom stereocenters. The lowest BCUT2D eigenvalue weighted by atomic mass is 10.1. The van der Waals surface area contributed by atoms with Crippen molar-refractivity contribution in [3.8, 4) is 0 Å². The Morgan fingerprint density at radius 3 is 2.78 bits per heavy atom. The number of aryl methyl sites for hydroxylation is 1. The van der Waals surface area contributed by atoms with Crippen molar-refractivity contribution in [2.24, 2.45) is 10.9 Å². The number of rotatable bonds is 10. The zero-order valence-electron chi connectivity index (χ0n) is 16.7. The fourth-order valence-electron chi connectivity index (χ4n) is 2.53. The summed E-state index contributed by atoms with van der Waals surface area (Å²) in [4.78, 5) is 18.6. The molecule has 1 saturated carbocycles. The first-order valence-corrected chi connectivity index (χ1v) is 9.58. The second kappa shape index (κ2) is 12.9. The van der Waals surface area contributed by atoms with Crippen molar-refractivity contribution in [2.75, 3.05) is 45.2 Å². The van der Waals surface area contributed by atoms with Crippen LogP contribution in [0.15, 0.2) is 29.3 Å². The zero-order chi connectivity index (χ0) is 18.8. The SMILES string of the molecule is CCNC(=NCC(=O)Nc1cccc(CC)c1)N(C)CCOCC1CC1.I. The van der Waals surface area contributed by atoms with Crippen molar-refractivity contribution in [3.63, 3.8) is 0 Å². The van der Waals surface area contributed by atoms with Gasteiger partial charge in [-0.05, 0) is 49.8 Å². The topological polar surface area (TPSA) is 66.0 Å². The van der Waals surface area contributed by atoms with E-state index < -0.39 is 0 Å². The van der Waals surface area contributed by atoms with Gasteiger partial charge in [0.2, 0.25) is 5.91 Å². The van der Waals surface area contributed by atoms with Crippen LogP contribution in [0.25, 0.3) is 0 Å². The lowest BCUT2D eigenvalue weighted by Crippen LogP contribution is -2.41. The minimum atomic E-state index is -0.118. The van der Waals surface area contributed by atoms with Crippen molar-refractivity contribution >= 4 is 41.5 Å². The van der Waals surface area contributed by atoms with E-state index in [1.807, 2.05) is 37.1 Å². The van der Waals surface area contributed by atoms with Crippen molar-refractivity contribution < 1.29 is 9.53 Å². The number of guanidine groups is 1. The molecule has 0 atom stereocenters. The summed E-state index contributed by atoms with van der Waals surface area (Å²) >= 11 is 0. The average molecular weight is 488 g/mol. The summed E-state index contributed by atoms with van der Waals surface area (Å²) in [6, 6.07) is 7.90. The maximum absolute atomic E-state index is 12.2. The summed E-state index contributed by atoms with van der Waals surface area (Å²) in [7, 11) is 1.96. The van der Waals surface area contributed by atoms with Gasteiger partial charge in [0.25, 0.3) is 0 Å². The number of benzene rings is 1. The van der Waals surface area contributed by atoms with E-state index >= 15 is 0 Å². The molecule has 0 heterocycles. The van der Waals surface area contributed by atoms with E-state index in [0.717, 1.165) is 43.7 Å². The Morgan fingerprint density at radius 2 is 2.11 bits per heavy atom. The second-order valence-electron chi connectivity index (χ2n) is 6.71. The number of nitrogens with zero attached hydrogens (tertiary/aromatic N) is 2. The van der Waals surface area contributed by atoms with E-state index in [2.05, 4.69) is 28.6 Å². The summed E-state index contributed by atoms with van der Waals surface area (Å²) in [5.41, 5.74) is 2.02. The first kappa shape index (κ1) is 23.7. The van der Waals surface area contributed by atoms with Gasteiger partial charge in [0.15, 0.2) is 5.96 Å². The number of amides is 1. The van der Waals surface area contributed by atoms with E-state index in [1.165, 1.54) is 18.4 Å². The predicted molar refractivity (Wildman–Crippen MR) is 122 cm³/mol. The van der Waals surface area contributed by atoms with Crippen molar-refractivity contribution in [1.82, 2.24) is 10.2 Å². The van der Waals surface area contributed by atoms with Crippen LogP contribution in [-0.2, 0) is 16.0 Å². The molecule has 0 bridgehead atoms. The lowest BCUT2D eigenvalue weighted by Gasteiger charge is -2.22. The van der Waals surface area contributed by atoms with Crippen LogP contribution < -0.4 is 10.6 Å². The van der Waals surface area contributed by atoms with E-state index in [0.29, 0.717) is 6.61 Å². The molecule has 1 amide bonds. The number of nitrogens with one attached hydrogen (secondary N) is 2. The normalized spacial score (nSPS) is 13.7. The molecule has 0 saturated heterocycles. The highest BCUT2D eigenvalue weighted by Crippen LogP contribution is 2.28. The molecule has 0 spiro atoms. The third-order valence-electron chi connectivity index (χ3n) is 4.31. The first-order valence-electron chi connectivity index (χ1n) is 9.58. The molecule has 1 aromatic rings. The summed E-state index contributed by atoms with van der Waals surface area (Å²) in [6.07, 6.45) is 3.55. The Bertz CT molecular complexity index is 605. The van der Waals surface area contributed by atoms with Crippen LogP contribution in [0.5, 0.6) is 0 Å². The molecule has 1 aliphatic rings. The summed E-state index contributed by atoms with van der Waals surface area (Å²) in [5, 5.41) is 6.13. The van der Waals surface area contributed by atoms with Crippen molar-refractivity contribution in [2.45, 2.75) is 33.1 Å². The monoisotopic (exact) mass is 488 g/mol. The zero-order valence-corrected chi connectivity index (χ0v) is 19.0. The highest BCUT2D eigenvalue weighted by molar-refractivity contribution is 14.0. The van der Waals surface area contributed by atoms with E-state index in [4.69, 9.17) is 4.74 Å². The number of likely N-dealkylation sites (N-methyl/N-ethyl adjacent to an activating group) is 1. The molecular formula is C20H33IN4O2. The maximum atomic E-state index is 12.2. The maximum Gasteiger partial charge on any atom is 0.246 e. The molecule has 2 rings (SSSR count).